The number of phenolic OH excluding ortho intramolecular Hbond substituents is 1. The van der Waals surface area contributed by atoms with E-state index in [-0.39, 0.29) is 17.1 Å². The van der Waals surface area contributed by atoms with E-state index in [0.717, 1.165) is 0 Å². The number of rotatable bonds is 3. The van der Waals surface area contributed by atoms with Crippen LogP contribution in [0.25, 0.3) is 0 Å². The molecule has 1 heterocycles. The van der Waals surface area contributed by atoms with Gasteiger partial charge in [-0.25, -0.2) is 0 Å². The predicted molar refractivity (Wildman–Crippen MR) is 64.5 cm³/mol. The highest BCUT2D eigenvalue weighted by molar-refractivity contribution is 6.31. The number of carbonyl (C=O) groups excluding carboxylic acids is 1. The lowest BCUT2D eigenvalue weighted by molar-refractivity contribution is 0.103. The van der Waals surface area contributed by atoms with Gasteiger partial charge in [-0.15, -0.1) is 0 Å². The minimum atomic E-state index is -0.287. The minimum absolute atomic E-state index is 0.0800. The lowest BCUT2D eigenvalue weighted by atomic mass is 10.1. The largest absolute Gasteiger partial charge is 0.507 e. The molecule has 0 aliphatic heterocycles. The fourth-order valence-electron chi connectivity index (χ4n) is 1.50. The van der Waals surface area contributed by atoms with Crippen LogP contribution in [0.1, 0.15) is 22.8 Å². The number of nitrogens with zero attached hydrogens (tertiary/aromatic N) is 2. The second-order valence-electron chi connectivity index (χ2n) is 3.58. The van der Waals surface area contributed by atoms with Crippen molar-refractivity contribution in [2.24, 2.45) is 0 Å². The van der Waals surface area contributed by atoms with Crippen LogP contribution in [0.15, 0.2) is 30.6 Å². The van der Waals surface area contributed by atoms with Crippen molar-refractivity contribution >= 4 is 17.4 Å². The fraction of sp³-hybridized carbons (Fsp3) is 0.167. The molecule has 0 saturated heterocycles. The zero-order chi connectivity index (χ0) is 12.4. The molecule has 0 unspecified atom stereocenters. The van der Waals surface area contributed by atoms with E-state index in [0.29, 0.717) is 17.1 Å². The summed E-state index contributed by atoms with van der Waals surface area (Å²) in [6.07, 6.45) is 3.12. The molecule has 2 aromatic rings. The van der Waals surface area contributed by atoms with Crippen LogP contribution >= 0.6 is 11.6 Å². The smallest absolute Gasteiger partial charge is 0.199 e. The number of hydrogen-bond donors (Lipinski definition) is 1. The molecule has 0 spiro atoms. The number of carbonyl (C=O) groups is 1. The van der Waals surface area contributed by atoms with Gasteiger partial charge < -0.3 is 5.11 Å². The standard InChI is InChI=1S/C12H11ClN2O2/c1-2-15-7-8(6-14-15)12(17)10-5-9(13)3-4-11(10)16/h3-7,16H,2H2,1H3. The number of phenols is 1. The van der Waals surface area contributed by atoms with E-state index in [1.807, 2.05) is 6.92 Å². The van der Waals surface area contributed by atoms with Gasteiger partial charge in [0.15, 0.2) is 5.78 Å². The number of halogens is 1. The Hall–Kier alpha value is -1.81. The van der Waals surface area contributed by atoms with Crippen LogP contribution in [0.4, 0.5) is 0 Å². The molecular weight excluding hydrogens is 240 g/mol. The summed E-state index contributed by atoms with van der Waals surface area (Å²) in [5.74, 6) is -0.367. The van der Waals surface area contributed by atoms with Gasteiger partial charge in [0.05, 0.1) is 17.3 Å². The van der Waals surface area contributed by atoms with Crippen molar-refractivity contribution in [2.45, 2.75) is 13.5 Å². The second-order valence-corrected chi connectivity index (χ2v) is 4.01. The highest BCUT2D eigenvalue weighted by Gasteiger charge is 2.15. The molecule has 1 N–H and O–H groups in total. The molecule has 4 nitrogen and oxygen atoms in total. The molecule has 0 aliphatic carbocycles. The van der Waals surface area contributed by atoms with Crippen LogP contribution in [-0.4, -0.2) is 20.7 Å². The maximum Gasteiger partial charge on any atom is 0.199 e. The average Bonchev–Trinajstić information content (AvgIpc) is 2.80. The van der Waals surface area contributed by atoms with Crippen LogP contribution in [0.3, 0.4) is 0 Å². The van der Waals surface area contributed by atoms with Gasteiger partial charge in [-0.3, -0.25) is 9.48 Å². The maximum absolute atomic E-state index is 12.1. The van der Waals surface area contributed by atoms with Crippen molar-refractivity contribution in [3.63, 3.8) is 0 Å². The monoisotopic (exact) mass is 250 g/mol. The van der Waals surface area contributed by atoms with Crippen molar-refractivity contribution in [1.29, 1.82) is 0 Å². The molecule has 0 radical (unpaired) electrons. The Morgan fingerprint density at radius 3 is 2.94 bits per heavy atom. The first kappa shape index (κ1) is 11.7. The van der Waals surface area contributed by atoms with Crippen molar-refractivity contribution in [1.82, 2.24) is 9.78 Å². The number of aromatic nitrogens is 2. The highest BCUT2D eigenvalue weighted by Crippen LogP contribution is 2.24. The van der Waals surface area contributed by atoms with Gasteiger partial charge in [0, 0.05) is 17.8 Å². The number of aryl methyl sites for hydroxylation is 1. The van der Waals surface area contributed by atoms with E-state index in [4.69, 9.17) is 11.6 Å². The van der Waals surface area contributed by atoms with Gasteiger partial charge in [0.25, 0.3) is 0 Å². The number of hydrogen-bond acceptors (Lipinski definition) is 3. The van der Waals surface area contributed by atoms with Gasteiger partial charge in [0.2, 0.25) is 0 Å². The number of ketones is 1. The van der Waals surface area contributed by atoms with E-state index in [1.54, 1.807) is 10.9 Å². The van der Waals surface area contributed by atoms with Crippen molar-refractivity contribution in [3.8, 4) is 5.75 Å². The molecule has 0 atom stereocenters. The Bertz CT molecular complexity index is 563. The average molecular weight is 251 g/mol. The zero-order valence-corrected chi connectivity index (χ0v) is 9.98. The molecule has 17 heavy (non-hydrogen) atoms. The molecule has 0 amide bonds. The summed E-state index contributed by atoms with van der Waals surface area (Å²) in [6.45, 7) is 2.62. The summed E-state index contributed by atoms with van der Waals surface area (Å²) in [5, 5.41) is 14.0. The van der Waals surface area contributed by atoms with E-state index in [9.17, 15) is 9.90 Å². The molecule has 0 saturated carbocycles. The van der Waals surface area contributed by atoms with E-state index in [1.165, 1.54) is 24.4 Å². The molecule has 2 rings (SSSR count). The SMILES string of the molecule is CCn1cc(C(=O)c2cc(Cl)ccc2O)cn1. The molecule has 0 aliphatic rings. The third-order valence-corrected chi connectivity index (χ3v) is 2.66. The molecular formula is C12H11ClN2O2. The Labute approximate surface area is 103 Å². The van der Waals surface area contributed by atoms with Crippen LogP contribution < -0.4 is 0 Å². The van der Waals surface area contributed by atoms with Crippen LogP contribution in [0.5, 0.6) is 5.75 Å². The summed E-state index contributed by atoms with van der Waals surface area (Å²) < 4.78 is 1.65. The number of aromatic hydroxyl groups is 1. The molecule has 1 aromatic heterocycles. The summed E-state index contributed by atoms with van der Waals surface area (Å²) in [6, 6.07) is 4.38. The van der Waals surface area contributed by atoms with Gasteiger partial charge in [-0.05, 0) is 25.1 Å². The molecule has 1 aromatic carbocycles. The van der Waals surface area contributed by atoms with Gasteiger partial charge >= 0.3 is 0 Å². The third kappa shape index (κ3) is 2.31. The Kier molecular flexibility index (Phi) is 3.15. The normalized spacial score (nSPS) is 10.5. The highest BCUT2D eigenvalue weighted by atomic mass is 35.5. The maximum atomic E-state index is 12.1. The van der Waals surface area contributed by atoms with Crippen LogP contribution in [-0.2, 0) is 6.54 Å². The zero-order valence-electron chi connectivity index (χ0n) is 9.22. The molecule has 0 bridgehead atoms. The lowest BCUT2D eigenvalue weighted by Crippen LogP contribution is -2.00. The molecule has 88 valence electrons. The summed E-state index contributed by atoms with van der Waals surface area (Å²) in [5.41, 5.74) is 0.623. The van der Waals surface area contributed by atoms with Gasteiger partial charge in [0.1, 0.15) is 5.75 Å². The summed E-state index contributed by atoms with van der Waals surface area (Å²) in [7, 11) is 0. The Balaban J connectivity index is 2.39. The fourth-order valence-corrected chi connectivity index (χ4v) is 1.67. The van der Waals surface area contributed by atoms with E-state index < -0.39 is 0 Å². The molecule has 5 heteroatoms. The Morgan fingerprint density at radius 2 is 2.29 bits per heavy atom. The Morgan fingerprint density at radius 1 is 1.53 bits per heavy atom. The number of benzene rings is 1. The lowest BCUT2D eigenvalue weighted by Gasteiger charge is -2.02. The third-order valence-electron chi connectivity index (χ3n) is 2.42. The topological polar surface area (TPSA) is 55.1 Å². The van der Waals surface area contributed by atoms with Gasteiger partial charge in [-0.2, -0.15) is 5.10 Å². The first-order chi connectivity index (χ1) is 8.11. The quantitative estimate of drug-likeness (QED) is 0.852. The minimum Gasteiger partial charge on any atom is -0.507 e. The van der Waals surface area contributed by atoms with E-state index in [2.05, 4.69) is 5.10 Å². The van der Waals surface area contributed by atoms with Crippen LogP contribution in [0, 0.1) is 0 Å². The first-order valence-corrected chi connectivity index (χ1v) is 5.55. The van der Waals surface area contributed by atoms with Gasteiger partial charge in [-0.1, -0.05) is 11.6 Å². The first-order valence-electron chi connectivity index (χ1n) is 5.17. The summed E-state index contributed by atoms with van der Waals surface area (Å²) >= 11 is 5.80. The van der Waals surface area contributed by atoms with Crippen molar-refractivity contribution < 1.29 is 9.90 Å². The van der Waals surface area contributed by atoms with Crippen molar-refractivity contribution in [2.75, 3.05) is 0 Å². The molecule has 0 fully saturated rings. The predicted octanol–water partition coefficient (Wildman–Crippen LogP) is 2.49. The summed E-state index contributed by atoms with van der Waals surface area (Å²) in [4.78, 5) is 12.1. The second kappa shape index (κ2) is 4.59. The van der Waals surface area contributed by atoms with E-state index >= 15 is 0 Å². The van der Waals surface area contributed by atoms with Crippen molar-refractivity contribution in [3.05, 3.63) is 46.7 Å². The van der Waals surface area contributed by atoms with Crippen LogP contribution in [0.2, 0.25) is 5.02 Å².